The Morgan fingerprint density at radius 1 is 1.20 bits per heavy atom. The number of hydrogen-bond donors (Lipinski definition) is 0. The lowest BCUT2D eigenvalue weighted by Crippen LogP contribution is -2.25. The Hall–Kier alpha value is -2.10. The molecule has 1 aromatic carbocycles. The van der Waals surface area contributed by atoms with Gasteiger partial charge in [-0.25, -0.2) is 4.79 Å². The molecule has 2 aromatic rings. The molecular formula is C16H19NO3. The molecule has 1 aromatic heterocycles. The Morgan fingerprint density at radius 2 is 1.90 bits per heavy atom. The molecule has 4 nitrogen and oxygen atoms in total. The summed E-state index contributed by atoms with van der Waals surface area (Å²) in [6.07, 6.45) is 1.74. The number of fused-ring (bicyclic) bond motifs is 1. The van der Waals surface area contributed by atoms with E-state index in [1.54, 1.807) is 35.9 Å². The van der Waals surface area contributed by atoms with E-state index >= 15 is 0 Å². The topological polar surface area (TPSA) is 48.3 Å². The number of hydrogen-bond acceptors (Lipinski definition) is 3. The van der Waals surface area contributed by atoms with Crippen molar-refractivity contribution in [3.05, 3.63) is 36.0 Å². The molecular weight excluding hydrogens is 254 g/mol. The molecule has 0 aliphatic carbocycles. The van der Waals surface area contributed by atoms with E-state index in [0.29, 0.717) is 12.2 Å². The van der Waals surface area contributed by atoms with Crippen LogP contribution in [0.25, 0.3) is 10.9 Å². The fraction of sp³-hybridized carbons (Fsp3) is 0.375. The minimum absolute atomic E-state index is 0.0244. The molecule has 4 heteroatoms. The van der Waals surface area contributed by atoms with Crippen molar-refractivity contribution >= 4 is 22.8 Å². The molecule has 0 N–H and O–H groups in total. The van der Waals surface area contributed by atoms with E-state index in [0.717, 1.165) is 10.9 Å². The molecule has 0 radical (unpaired) electrons. The van der Waals surface area contributed by atoms with Crippen LogP contribution in [0.3, 0.4) is 0 Å². The van der Waals surface area contributed by atoms with Gasteiger partial charge in [-0.15, -0.1) is 0 Å². The van der Waals surface area contributed by atoms with Crippen molar-refractivity contribution in [3.63, 3.8) is 0 Å². The van der Waals surface area contributed by atoms with E-state index in [-0.39, 0.29) is 11.9 Å². The highest BCUT2D eigenvalue weighted by Gasteiger charge is 2.24. The maximum absolute atomic E-state index is 12.3. The number of carbonyl (C=O) groups excluding carboxylic acids is 2. The van der Waals surface area contributed by atoms with Crippen molar-refractivity contribution in [3.8, 4) is 0 Å². The molecule has 0 amide bonds. The summed E-state index contributed by atoms with van der Waals surface area (Å²) in [5.41, 5.74) is 0.851. The first kappa shape index (κ1) is 14.3. The van der Waals surface area contributed by atoms with Crippen LogP contribution in [0.2, 0.25) is 0 Å². The molecule has 0 fully saturated rings. The average molecular weight is 273 g/mol. The fourth-order valence-electron chi connectivity index (χ4n) is 2.02. The van der Waals surface area contributed by atoms with Gasteiger partial charge in [-0.2, -0.15) is 0 Å². The summed E-state index contributed by atoms with van der Waals surface area (Å²) in [5, 5.41) is 0.855. The first-order chi connectivity index (χ1) is 9.34. The smallest absolute Gasteiger partial charge is 0.338 e. The fourth-order valence-corrected chi connectivity index (χ4v) is 2.02. The van der Waals surface area contributed by atoms with E-state index in [4.69, 9.17) is 4.74 Å². The summed E-state index contributed by atoms with van der Waals surface area (Å²) < 4.78 is 6.60. The van der Waals surface area contributed by atoms with E-state index in [9.17, 15) is 9.59 Å². The minimum atomic E-state index is -0.453. The lowest BCUT2D eigenvalue weighted by atomic mass is 9.95. The van der Waals surface area contributed by atoms with Crippen molar-refractivity contribution in [1.29, 1.82) is 0 Å². The number of esters is 1. The van der Waals surface area contributed by atoms with Crippen LogP contribution >= 0.6 is 0 Å². The highest BCUT2D eigenvalue weighted by atomic mass is 16.5. The van der Waals surface area contributed by atoms with Crippen LogP contribution < -0.4 is 0 Å². The maximum Gasteiger partial charge on any atom is 0.338 e. The van der Waals surface area contributed by atoms with Crippen molar-refractivity contribution in [2.75, 3.05) is 6.61 Å². The Bertz CT molecular complexity index is 662. The first-order valence-electron chi connectivity index (χ1n) is 6.67. The van der Waals surface area contributed by atoms with Gasteiger partial charge >= 0.3 is 5.97 Å². The SMILES string of the molecule is CCOC(=O)c1ccc2c(ccn2C(=O)C(C)(C)C)c1. The highest BCUT2D eigenvalue weighted by molar-refractivity contribution is 5.99. The van der Waals surface area contributed by atoms with Crippen LogP contribution in [0.1, 0.15) is 42.8 Å². The molecule has 0 bridgehead atoms. The second-order valence-electron chi connectivity index (χ2n) is 5.73. The Morgan fingerprint density at radius 3 is 2.50 bits per heavy atom. The number of benzene rings is 1. The Labute approximate surface area is 118 Å². The quantitative estimate of drug-likeness (QED) is 0.787. The van der Waals surface area contributed by atoms with Crippen molar-refractivity contribution in [2.24, 2.45) is 5.41 Å². The number of carbonyl (C=O) groups is 2. The molecule has 0 saturated carbocycles. The monoisotopic (exact) mass is 273 g/mol. The predicted octanol–water partition coefficient (Wildman–Crippen LogP) is 3.50. The number of ether oxygens (including phenoxy) is 1. The average Bonchev–Trinajstić information content (AvgIpc) is 2.79. The van der Waals surface area contributed by atoms with Gasteiger partial charge in [0.1, 0.15) is 0 Å². The summed E-state index contributed by atoms with van der Waals surface area (Å²) in [5.74, 6) is -0.319. The summed E-state index contributed by atoms with van der Waals surface area (Å²) in [4.78, 5) is 24.0. The van der Waals surface area contributed by atoms with E-state index in [1.807, 2.05) is 26.8 Å². The number of rotatable bonds is 2. The third kappa shape index (κ3) is 2.59. The summed E-state index contributed by atoms with van der Waals surface area (Å²) in [7, 11) is 0. The zero-order valence-electron chi connectivity index (χ0n) is 12.3. The number of nitrogens with zero attached hydrogens (tertiary/aromatic N) is 1. The molecule has 1 heterocycles. The maximum atomic E-state index is 12.3. The van der Waals surface area contributed by atoms with Crippen molar-refractivity contribution in [2.45, 2.75) is 27.7 Å². The summed E-state index contributed by atoms with van der Waals surface area (Å²) in [6, 6.07) is 7.06. The molecule has 20 heavy (non-hydrogen) atoms. The normalized spacial score (nSPS) is 11.6. The lowest BCUT2D eigenvalue weighted by Gasteiger charge is -2.17. The molecule has 0 atom stereocenters. The van der Waals surface area contributed by atoms with Gasteiger partial charge in [-0.05, 0) is 31.2 Å². The van der Waals surface area contributed by atoms with Crippen LogP contribution in [-0.4, -0.2) is 23.1 Å². The predicted molar refractivity (Wildman–Crippen MR) is 78.0 cm³/mol. The van der Waals surface area contributed by atoms with Crippen LogP contribution in [-0.2, 0) is 4.74 Å². The third-order valence-corrected chi connectivity index (χ3v) is 3.06. The molecule has 0 unspecified atom stereocenters. The third-order valence-electron chi connectivity index (χ3n) is 3.06. The Balaban J connectivity index is 2.44. The molecule has 0 aliphatic rings. The van der Waals surface area contributed by atoms with Gasteiger partial charge in [0, 0.05) is 17.0 Å². The second kappa shape index (κ2) is 5.12. The molecule has 2 rings (SSSR count). The Kier molecular flexibility index (Phi) is 3.66. The highest BCUT2D eigenvalue weighted by Crippen LogP contribution is 2.23. The molecule has 0 aliphatic heterocycles. The molecule has 0 spiro atoms. The van der Waals surface area contributed by atoms with Gasteiger partial charge in [0.2, 0.25) is 5.91 Å². The van der Waals surface area contributed by atoms with Gasteiger partial charge in [0.25, 0.3) is 0 Å². The zero-order chi connectivity index (χ0) is 14.9. The lowest BCUT2D eigenvalue weighted by molar-refractivity contribution is 0.0526. The van der Waals surface area contributed by atoms with Crippen LogP contribution in [0.4, 0.5) is 0 Å². The van der Waals surface area contributed by atoms with Crippen molar-refractivity contribution < 1.29 is 14.3 Å². The van der Waals surface area contributed by atoms with Gasteiger partial charge in [0.05, 0.1) is 17.7 Å². The first-order valence-corrected chi connectivity index (χ1v) is 6.67. The van der Waals surface area contributed by atoms with Crippen LogP contribution in [0.15, 0.2) is 30.5 Å². The second-order valence-corrected chi connectivity index (χ2v) is 5.73. The molecule has 0 saturated heterocycles. The van der Waals surface area contributed by atoms with E-state index in [2.05, 4.69) is 0 Å². The number of aromatic nitrogens is 1. The zero-order valence-corrected chi connectivity index (χ0v) is 12.3. The van der Waals surface area contributed by atoms with Gasteiger partial charge in [-0.1, -0.05) is 20.8 Å². The standard InChI is InChI=1S/C16H19NO3/c1-5-20-14(18)12-6-7-13-11(10-12)8-9-17(13)15(19)16(2,3)4/h6-10H,5H2,1-4H3. The van der Waals surface area contributed by atoms with E-state index < -0.39 is 5.41 Å². The van der Waals surface area contributed by atoms with Crippen molar-refractivity contribution in [1.82, 2.24) is 4.57 Å². The summed E-state index contributed by atoms with van der Waals surface area (Å²) in [6.45, 7) is 7.77. The van der Waals surface area contributed by atoms with Gasteiger partial charge < -0.3 is 4.74 Å². The van der Waals surface area contributed by atoms with Gasteiger partial charge in [0.15, 0.2) is 0 Å². The minimum Gasteiger partial charge on any atom is -0.462 e. The summed E-state index contributed by atoms with van der Waals surface area (Å²) >= 11 is 0. The molecule has 106 valence electrons. The largest absolute Gasteiger partial charge is 0.462 e. The van der Waals surface area contributed by atoms with Crippen LogP contribution in [0.5, 0.6) is 0 Å². The van der Waals surface area contributed by atoms with E-state index in [1.165, 1.54) is 0 Å². The van der Waals surface area contributed by atoms with Crippen LogP contribution in [0, 0.1) is 5.41 Å². The van der Waals surface area contributed by atoms with Gasteiger partial charge in [-0.3, -0.25) is 9.36 Å².